The van der Waals surface area contributed by atoms with Gasteiger partial charge in [-0.3, -0.25) is 4.98 Å². The molecule has 1 aliphatic heterocycles. The van der Waals surface area contributed by atoms with Gasteiger partial charge in [0, 0.05) is 19.7 Å². The highest BCUT2D eigenvalue weighted by molar-refractivity contribution is 5.51. The number of methoxy groups -OCH3 is 1. The summed E-state index contributed by atoms with van der Waals surface area (Å²) in [6, 6.07) is 1.29. The molecule has 136 valence electrons. The van der Waals surface area contributed by atoms with Crippen molar-refractivity contribution in [3.63, 3.8) is 0 Å². The lowest BCUT2D eigenvalue weighted by atomic mass is 10.1. The van der Waals surface area contributed by atoms with E-state index in [9.17, 15) is 8.78 Å². The number of ether oxygens (including phenoxy) is 3. The molecule has 0 radical (unpaired) electrons. The highest BCUT2D eigenvalue weighted by Gasteiger charge is 2.27. The summed E-state index contributed by atoms with van der Waals surface area (Å²) in [6.07, 6.45) is 3.53. The van der Waals surface area contributed by atoms with Crippen LogP contribution in [0.5, 0.6) is 11.8 Å². The van der Waals surface area contributed by atoms with E-state index in [1.54, 1.807) is 7.11 Å². The number of nitrogens with one attached hydrogen (secondary N) is 3. The molecule has 0 amide bonds. The quantitative estimate of drug-likeness (QED) is 0.682. The van der Waals surface area contributed by atoms with E-state index in [1.165, 1.54) is 18.5 Å². The van der Waals surface area contributed by atoms with Crippen LogP contribution in [0.25, 0.3) is 0 Å². The van der Waals surface area contributed by atoms with Crippen LogP contribution in [-0.4, -0.2) is 59.2 Å². The van der Waals surface area contributed by atoms with Gasteiger partial charge >= 0.3 is 6.61 Å². The standard InChI is InChI=1S/C14H18F2N6O3/c1-23-9-5-17-3-2-8(9)24-13-7-18-6-11(20-13)19-10-4-12(22-21-10)25-14(15)16/h4,6-9,14,17H,2-3,5H2,1H3,(H2,19,20,21,22)/t8-,9+/m1/s1. The van der Waals surface area contributed by atoms with Gasteiger partial charge in [0.15, 0.2) is 11.6 Å². The van der Waals surface area contributed by atoms with Crippen LogP contribution in [0, 0.1) is 0 Å². The molecule has 3 heterocycles. The van der Waals surface area contributed by atoms with Crippen LogP contribution in [0.2, 0.25) is 0 Å². The number of rotatable bonds is 7. The van der Waals surface area contributed by atoms with Gasteiger partial charge in [-0.05, 0) is 13.0 Å². The molecular formula is C14H18F2N6O3. The largest absolute Gasteiger partial charge is 0.470 e. The predicted octanol–water partition coefficient (Wildman–Crippen LogP) is 1.30. The van der Waals surface area contributed by atoms with Crippen molar-refractivity contribution in [1.29, 1.82) is 0 Å². The molecule has 3 rings (SSSR count). The zero-order valence-corrected chi connectivity index (χ0v) is 13.4. The van der Waals surface area contributed by atoms with Crippen molar-refractivity contribution < 1.29 is 23.0 Å². The van der Waals surface area contributed by atoms with E-state index >= 15 is 0 Å². The summed E-state index contributed by atoms with van der Waals surface area (Å²) >= 11 is 0. The van der Waals surface area contributed by atoms with Crippen LogP contribution < -0.4 is 20.1 Å². The molecule has 3 N–H and O–H groups in total. The average Bonchev–Trinajstić information content (AvgIpc) is 3.02. The summed E-state index contributed by atoms with van der Waals surface area (Å²) in [5, 5.41) is 12.2. The van der Waals surface area contributed by atoms with Gasteiger partial charge in [0.25, 0.3) is 0 Å². The number of piperidine rings is 1. The Kier molecular flexibility index (Phi) is 5.56. The molecule has 2 atom stereocenters. The fourth-order valence-electron chi connectivity index (χ4n) is 2.45. The molecule has 2 aromatic heterocycles. The van der Waals surface area contributed by atoms with Gasteiger partial charge in [0.05, 0.1) is 12.4 Å². The van der Waals surface area contributed by atoms with Crippen molar-refractivity contribution in [3.05, 3.63) is 18.5 Å². The number of H-pyrrole nitrogens is 1. The monoisotopic (exact) mass is 356 g/mol. The highest BCUT2D eigenvalue weighted by Crippen LogP contribution is 2.21. The summed E-state index contributed by atoms with van der Waals surface area (Å²) in [5.41, 5.74) is 0. The van der Waals surface area contributed by atoms with Crippen molar-refractivity contribution >= 4 is 11.6 Å². The number of halogens is 2. The van der Waals surface area contributed by atoms with Gasteiger partial charge in [-0.2, -0.15) is 18.9 Å². The van der Waals surface area contributed by atoms with Gasteiger partial charge < -0.3 is 24.8 Å². The summed E-state index contributed by atoms with van der Waals surface area (Å²) in [6.45, 7) is -1.40. The van der Waals surface area contributed by atoms with Gasteiger partial charge in [0.2, 0.25) is 11.8 Å². The lowest BCUT2D eigenvalue weighted by Gasteiger charge is -2.30. The zero-order chi connectivity index (χ0) is 17.6. The highest BCUT2D eigenvalue weighted by atomic mass is 19.3. The van der Waals surface area contributed by atoms with Crippen LogP contribution in [0.1, 0.15) is 6.42 Å². The first-order valence-corrected chi connectivity index (χ1v) is 7.63. The van der Waals surface area contributed by atoms with E-state index in [0.717, 1.165) is 13.0 Å². The van der Waals surface area contributed by atoms with Crippen molar-refractivity contribution in [2.45, 2.75) is 25.2 Å². The number of aromatic amines is 1. The lowest BCUT2D eigenvalue weighted by Crippen LogP contribution is -2.47. The molecule has 1 fully saturated rings. The third-order valence-electron chi connectivity index (χ3n) is 3.58. The predicted molar refractivity (Wildman–Crippen MR) is 83.2 cm³/mol. The first-order valence-electron chi connectivity index (χ1n) is 7.63. The molecule has 25 heavy (non-hydrogen) atoms. The minimum Gasteiger partial charge on any atom is -0.470 e. The second-order valence-electron chi connectivity index (χ2n) is 5.29. The maximum Gasteiger partial charge on any atom is 0.388 e. The maximum absolute atomic E-state index is 12.1. The van der Waals surface area contributed by atoms with Crippen LogP contribution in [0.4, 0.5) is 20.4 Å². The van der Waals surface area contributed by atoms with E-state index in [-0.39, 0.29) is 23.9 Å². The van der Waals surface area contributed by atoms with E-state index < -0.39 is 6.61 Å². The second-order valence-corrected chi connectivity index (χ2v) is 5.29. The Morgan fingerprint density at radius 3 is 2.96 bits per heavy atom. The first kappa shape index (κ1) is 17.3. The Morgan fingerprint density at radius 1 is 1.28 bits per heavy atom. The number of aromatic nitrogens is 4. The van der Waals surface area contributed by atoms with Gasteiger partial charge in [-0.25, -0.2) is 5.10 Å². The molecule has 1 saturated heterocycles. The molecule has 11 heteroatoms. The molecule has 0 aliphatic carbocycles. The molecule has 0 bridgehead atoms. The topological polar surface area (TPSA) is 106 Å². The van der Waals surface area contributed by atoms with Crippen LogP contribution in [0.3, 0.4) is 0 Å². The fraction of sp³-hybridized carbons (Fsp3) is 0.500. The van der Waals surface area contributed by atoms with Crippen LogP contribution in [-0.2, 0) is 4.74 Å². The Labute approximate surface area is 142 Å². The Hall–Kier alpha value is -2.53. The normalized spacial score (nSPS) is 20.5. The second kappa shape index (κ2) is 8.03. The van der Waals surface area contributed by atoms with Gasteiger partial charge in [-0.15, -0.1) is 0 Å². The van der Waals surface area contributed by atoms with Crippen molar-refractivity contribution in [1.82, 2.24) is 25.5 Å². The molecule has 0 unspecified atom stereocenters. The molecule has 0 aromatic carbocycles. The fourth-order valence-corrected chi connectivity index (χ4v) is 2.45. The third kappa shape index (κ3) is 4.73. The molecule has 0 saturated carbocycles. The molecule has 9 nitrogen and oxygen atoms in total. The number of nitrogens with zero attached hydrogens (tertiary/aromatic N) is 3. The Morgan fingerprint density at radius 2 is 2.16 bits per heavy atom. The smallest absolute Gasteiger partial charge is 0.388 e. The Balaban J connectivity index is 1.64. The molecule has 1 aliphatic rings. The third-order valence-corrected chi connectivity index (χ3v) is 3.58. The number of hydrogen-bond acceptors (Lipinski definition) is 8. The van der Waals surface area contributed by atoms with E-state index in [0.29, 0.717) is 18.2 Å². The first-order chi connectivity index (χ1) is 12.1. The van der Waals surface area contributed by atoms with Crippen LogP contribution in [0.15, 0.2) is 18.5 Å². The van der Waals surface area contributed by atoms with E-state index in [4.69, 9.17) is 9.47 Å². The summed E-state index contributed by atoms with van der Waals surface area (Å²) < 4.78 is 39.8. The minimum absolute atomic E-state index is 0.0763. The summed E-state index contributed by atoms with van der Waals surface area (Å²) in [7, 11) is 1.63. The number of hydrogen-bond donors (Lipinski definition) is 3. The summed E-state index contributed by atoms with van der Waals surface area (Å²) in [5.74, 6) is 0.795. The molecule has 0 spiro atoms. The van der Waals surface area contributed by atoms with E-state index in [1.807, 2.05) is 0 Å². The Bertz CT molecular complexity index is 686. The van der Waals surface area contributed by atoms with Crippen LogP contribution >= 0.6 is 0 Å². The van der Waals surface area contributed by atoms with Gasteiger partial charge in [0.1, 0.15) is 12.2 Å². The van der Waals surface area contributed by atoms with Crippen molar-refractivity contribution in [2.75, 3.05) is 25.5 Å². The lowest BCUT2D eigenvalue weighted by molar-refractivity contribution is -0.0528. The average molecular weight is 356 g/mol. The van der Waals surface area contributed by atoms with E-state index in [2.05, 4.69) is 35.5 Å². The zero-order valence-electron chi connectivity index (χ0n) is 13.4. The van der Waals surface area contributed by atoms with Gasteiger partial charge in [-0.1, -0.05) is 0 Å². The molecular weight excluding hydrogens is 338 g/mol. The summed E-state index contributed by atoms with van der Waals surface area (Å²) in [4.78, 5) is 8.34. The number of anilines is 2. The SMILES string of the molecule is CO[C@H]1CNCC[C@H]1Oc1cncc(Nc2cc(OC(F)F)[nH]n2)n1. The minimum atomic E-state index is -2.93. The molecule has 2 aromatic rings. The van der Waals surface area contributed by atoms with Crippen molar-refractivity contribution in [3.8, 4) is 11.8 Å². The van der Waals surface area contributed by atoms with Crippen molar-refractivity contribution in [2.24, 2.45) is 0 Å². The maximum atomic E-state index is 12.1. The number of alkyl halides is 2.